The smallest absolute Gasteiger partial charge is 0.347 e. The molecular weight excluding hydrogens is 568 g/mol. The third kappa shape index (κ3) is 6.21. The van der Waals surface area contributed by atoms with Crippen molar-refractivity contribution in [2.24, 2.45) is 20.8 Å². The van der Waals surface area contributed by atoms with Gasteiger partial charge in [0.2, 0.25) is 0 Å². The molecular formula is C35H44N6O2S. The Labute approximate surface area is 266 Å². The van der Waals surface area contributed by atoms with Crippen LogP contribution in [0.1, 0.15) is 105 Å². The van der Waals surface area contributed by atoms with Crippen molar-refractivity contribution in [1.29, 1.82) is 10.5 Å². The molecule has 1 aromatic rings. The molecule has 4 rings (SSSR count). The first-order chi connectivity index (χ1) is 20.2. The zero-order valence-corrected chi connectivity index (χ0v) is 28.9. The summed E-state index contributed by atoms with van der Waals surface area (Å²) in [6.45, 7) is 23.9. The van der Waals surface area contributed by atoms with Gasteiger partial charge in [-0.25, -0.2) is 9.79 Å². The van der Waals surface area contributed by atoms with Gasteiger partial charge in [-0.1, -0.05) is 39.5 Å². The molecule has 1 saturated heterocycles. The van der Waals surface area contributed by atoms with E-state index in [1.807, 2.05) is 67.5 Å². The predicted molar refractivity (Wildman–Crippen MR) is 179 cm³/mol. The molecule has 0 amide bonds. The molecule has 0 radical (unpaired) electrons. The van der Waals surface area contributed by atoms with Crippen molar-refractivity contribution in [1.82, 2.24) is 10.3 Å². The molecule has 1 unspecified atom stereocenters. The molecule has 8 nitrogen and oxygen atoms in total. The summed E-state index contributed by atoms with van der Waals surface area (Å²) in [7, 11) is 0. The number of allylic oxidation sites excluding steroid dienone is 4. The monoisotopic (exact) mass is 612 g/mol. The van der Waals surface area contributed by atoms with E-state index in [0.29, 0.717) is 27.8 Å². The number of esters is 1. The highest BCUT2D eigenvalue weighted by atomic mass is 32.2. The molecule has 0 aromatic carbocycles. The number of aromatic nitrogens is 1. The largest absolute Gasteiger partial charge is 0.456 e. The van der Waals surface area contributed by atoms with Crippen LogP contribution >= 0.6 is 11.8 Å². The first-order valence-electron chi connectivity index (χ1n) is 14.9. The zero-order valence-electron chi connectivity index (χ0n) is 28.1. The lowest BCUT2D eigenvalue weighted by Gasteiger charge is -2.30. The van der Waals surface area contributed by atoms with Crippen molar-refractivity contribution in [3.8, 4) is 12.1 Å². The molecule has 4 heterocycles. The number of rotatable bonds is 4. The second kappa shape index (κ2) is 11.3. The maximum Gasteiger partial charge on any atom is 0.347 e. The Bertz CT molecular complexity index is 1710. The Kier molecular flexibility index (Phi) is 8.48. The predicted octanol–water partition coefficient (Wildman–Crippen LogP) is 7.94. The molecule has 232 valence electrons. The van der Waals surface area contributed by atoms with E-state index in [1.54, 1.807) is 0 Å². The number of aliphatic imine (C=N–C) groups is 2. The number of hydrogen-bond donors (Lipinski definition) is 2. The number of nitrogens with zero attached hydrogens (tertiary/aromatic N) is 4. The van der Waals surface area contributed by atoms with Gasteiger partial charge >= 0.3 is 5.97 Å². The average molecular weight is 613 g/mol. The van der Waals surface area contributed by atoms with Gasteiger partial charge in [-0.15, -0.1) is 0 Å². The van der Waals surface area contributed by atoms with Gasteiger partial charge in [-0.3, -0.25) is 4.99 Å². The zero-order chi connectivity index (χ0) is 33.0. The van der Waals surface area contributed by atoms with Crippen LogP contribution in [0.3, 0.4) is 0 Å². The summed E-state index contributed by atoms with van der Waals surface area (Å²) in [5.74, 6) is -0.428. The van der Waals surface area contributed by atoms with Crippen LogP contribution in [0.25, 0.3) is 6.08 Å². The minimum Gasteiger partial charge on any atom is -0.456 e. The van der Waals surface area contributed by atoms with Crippen LogP contribution in [0.5, 0.6) is 0 Å². The quantitative estimate of drug-likeness (QED) is 0.263. The van der Waals surface area contributed by atoms with Gasteiger partial charge in [0.05, 0.1) is 17.5 Å². The third-order valence-electron chi connectivity index (χ3n) is 9.02. The SMILES string of the molecule is CC1=C(C)/C(=C/c2[nH]c(C#N)c(C)c2C)N=C1S/C(C(=O)OC(C)(C)C)=C1/CC(C)(C)C(/C=C2/CC(C)(C)C(C)(C#N)N2)=N1. The van der Waals surface area contributed by atoms with Gasteiger partial charge in [0.15, 0.2) is 0 Å². The summed E-state index contributed by atoms with van der Waals surface area (Å²) in [4.78, 5) is 27.3. The summed E-state index contributed by atoms with van der Waals surface area (Å²) in [6.07, 6.45) is 5.29. The summed E-state index contributed by atoms with van der Waals surface area (Å²) >= 11 is 1.30. The van der Waals surface area contributed by atoms with Crippen LogP contribution in [0.2, 0.25) is 0 Å². The second-order valence-electron chi connectivity index (χ2n) is 14.5. The highest BCUT2D eigenvalue weighted by molar-refractivity contribution is 8.18. The van der Waals surface area contributed by atoms with E-state index in [4.69, 9.17) is 14.7 Å². The van der Waals surface area contributed by atoms with E-state index in [0.717, 1.165) is 51.5 Å². The molecule has 3 aliphatic rings. The number of thioether (sulfide) groups is 1. The van der Waals surface area contributed by atoms with E-state index in [2.05, 4.69) is 50.1 Å². The molecule has 9 heteroatoms. The van der Waals surface area contributed by atoms with Crippen molar-refractivity contribution in [2.45, 2.75) is 107 Å². The summed E-state index contributed by atoms with van der Waals surface area (Å²) < 4.78 is 5.89. The fraction of sp³-hybridized carbons (Fsp3) is 0.514. The first kappa shape index (κ1) is 33.1. The maximum atomic E-state index is 13.7. The normalized spacial score (nSPS) is 25.5. The lowest BCUT2D eigenvalue weighted by atomic mass is 9.75. The summed E-state index contributed by atoms with van der Waals surface area (Å²) in [6, 6.07) is 4.66. The maximum absolute atomic E-state index is 13.7. The fourth-order valence-electron chi connectivity index (χ4n) is 5.44. The third-order valence-corrected chi connectivity index (χ3v) is 10.2. The van der Waals surface area contributed by atoms with Crippen LogP contribution in [0, 0.1) is 47.3 Å². The van der Waals surface area contributed by atoms with E-state index in [-0.39, 0.29) is 10.8 Å². The standard InChI is InChI=1S/C35H44N6O2S/c1-19-20(2)27(17-36)38-24(19)14-25-21(3)22(4)30(40-25)44-29(31(42)43-32(5,6)7)26-16-33(8,9)28(39-26)13-23-15-34(10,11)35(12,18-37)41-23/h13-14,38,41H,15-16H2,1-12H3/b23-13-,25-14-,29-26-. The van der Waals surface area contributed by atoms with Crippen molar-refractivity contribution in [3.63, 3.8) is 0 Å². The number of aromatic amines is 1. The van der Waals surface area contributed by atoms with Gasteiger partial charge in [0.1, 0.15) is 32.9 Å². The molecule has 0 spiro atoms. The van der Waals surface area contributed by atoms with Crippen LogP contribution in [0.4, 0.5) is 0 Å². The minimum absolute atomic E-state index is 0.242. The fourth-order valence-corrected chi connectivity index (χ4v) is 6.44. The Morgan fingerprint density at radius 2 is 1.64 bits per heavy atom. The average Bonchev–Trinajstić information content (AvgIpc) is 3.53. The number of hydrogen-bond acceptors (Lipinski definition) is 8. The van der Waals surface area contributed by atoms with Crippen LogP contribution < -0.4 is 5.32 Å². The number of nitriles is 2. The van der Waals surface area contributed by atoms with Crippen LogP contribution in [-0.4, -0.2) is 32.8 Å². The number of carbonyl (C=O) groups is 1. The van der Waals surface area contributed by atoms with Gasteiger partial charge in [-0.2, -0.15) is 10.5 Å². The topological polar surface area (TPSA) is 126 Å². The first-order valence-corrected chi connectivity index (χ1v) is 15.7. The van der Waals surface area contributed by atoms with E-state index >= 15 is 0 Å². The number of nitrogens with one attached hydrogen (secondary N) is 2. The Morgan fingerprint density at radius 1 is 0.977 bits per heavy atom. The Morgan fingerprint density at radius 3 is 2.18 bits per heavy atom. The van der Waals surface area contributed by atoms with E-state index < -0.39 is 17.1 Å². The summed E-state index contributed by atoms with van der Waals surface area (Å²) in [5, 5.41) is 23.5. The van der Waals surface area contributed by atoms with Crippen LogP contribution in [-0.2, 0) is 9.53 Å². The molecule has 1 fully saturated rings. The van der Waals surface area contributed by atoms with Crippen molar-refractivity contribution in [2.75, 3.05) is 0 Å². The van der Waals surface area contributed by atoms with E-state index in [1.165, 1.54) is 11.8 Å². The molecule has 3 aliphatic heterocycles. The molecule has 0 aliphatic carbocycles. The Hall–Kier alpha value is -3.82. The summed E-state index contributed by atoms with van der Waals surface area (Å²) in [5.41, 5.74) is 6.63. The van der Waals surface area contributed by atoms with Crippen molar-refractivity contribution in [3.05, 3.63) is 61.7 Å². The van der Waals surface area contributed by atoms with Gasteiger partial charge in [-0.05, 0) is 96.2 Å². The van der Waals surface area contributed by atoms with Crippen molar-refractivity contribution < 1.29 is 9.53 Å². The van der Waals surface area contributed by atoms with Crippen molar-refractivity contribution >= 4 is 34.6 Å². The van der Waals surface area contributed by atoms with Gasteiger partial charge in [0, 0.05) is 34.4 Å². The number of ether oxygens (including phenoxy) is 1. The highest BCUT2D eigenvalue weighted by Gasteiger charge is 2.48. The molecule has 0 saturated carbocycles. The lowest BCUT2D eigenvalue weighted by molar-refractivity contribution is -0.149. The lowest BCUT2D eigenvalue weighted by Crippen LogP contribution is -2.44. The van der Waals surface area contributed by atoms with Gasteiger partial charge < -0.3 is 15.0 Å². The molecule has 2 N–H and O–H groups in total. The second-order valence-corrected chi connectivity index (χ2v) is 15.5. The molecule has 0 bridgehead atoms. The molecule has 1 aromatic heterocycles. The van der Waals surface area contributed by atoms with Crippen LogP contribution in [0.15, 0.2) is 49.2 Å². The highest BCUT2D eigenvalue weighted by Crippen LogP contribution is 2.46. The van der Waals surface area contributed by atoms with Gasteiger partial charge in [0.25, 0.3) is 0 Å². The van der Waals surface area contributed by atoms with E-state index in [9.17, 15) is 15.3 Å². The number of H-pyrrole nitrogens is 1. The minimum atomic E-state index is -0.683. The number of carbonyl (C=O) groups excluding carboxylic acids is 1. The Balaban J connectivity index is 1.77. The molecule has 1 atom stereocenters. The molecule has 44 heavy (non-hydrogen) atoms.